The van der Waals surface area contributed by atoms with Crippen molar-refractivity contribution in [3.8, 4) is 0 Å². The summed E-state index contributed by atoms with van der Waals surface area (Å²) in [4.78, 5) is 23.5. The predicted octanol–water partition coefficient (Wildman–Crippen LogP) is 1.66. The Hall–Kier alpha value is -0.850. The first-order valence-electron chi connectivity index (χ1n) is 6.04. The van der Waals surface area contributed by atoms with Crippen LogP contribution in [0.2, 0.25) is 0 Å². The zero-order valence-electron chi connectivity index (χ0n) is 10.3. The van der Waals surface area contributed by atoms with Crippen LogP contribution in [0.5, 0.6) is 0 Å². The molecule has 102 valence electrons. The average Bonchev–Trinajstić information content (AvgIpc) is 2.32. The van der Waals surface area contributed by atoms with Gasteiger partial charge in [-0.2, -0.15) is 11.8 Å². The van der Waals surface area contributed by atoms with Crippen LogP contribution in [0.15, 0.2) is 28.7 Å². The van der Waals surface area contributed by atoms with Gasteiger partial charge in [-0.1, -0.05) is 12.1 Å². The van der Waals surface area contributed by atoms with E-state index in [9.17, 15) is 9.59 Å². The van der Waals surface area contributed by atoms with Crippen LogP contribution in [0, 0.1) is 5.92 Å². The molecule has 4 nitrogen and oxygen atoms in total. The van der Waals surface area contributed by atoms with E-state index >= 15 is 0 Å². The van der Waals surface area contributed by atoms with E-state index in [0.29, 0.717) is 21.7 Å². The molecule has 0 radical (unpaired) electrons. The lowest BCUT2D eigenvalue weighted by Gasteiger charge is -2.26. The minimum atomic E-state index is -0.358. The van der Waals surface area contributed by atoms with E-state index < -0.39 is 0 Å². The molecule has 0 saturated carbocycles. The van der Waals surface area contributed by atoms with E-state index in [1.807, 2.05) is 6.07 Å². The third-order valence-electron chi connectivity index (χ3n) is 2.82. The first-order chi connectivity index (χ1) is 9.16. The lowest BCUT2D eigenvalue weighted by Crippen LogP contribution is -2.43. The van der Waals surface area contributed by atoms with Crippen molar-refractivity contribution in [3.63, 3.8) is 0 Å². The highest BCUT2D eigenvalue weighted by Crippen LogP contribution is 2.16. The standard InChI is InChI=1S/C13H15BrN2O2S/c14-11-4-2-1-3-10(11)13(18)16-12(17)8-19-7-9-5-15-6-9/h1-4,9,15H,5-8H2,(H,16,17,18). The zero-order valence-corrected chi connectivity index (χ0v) is 12.7. The van der Waals surface area contributed by atoms with E-state index in [0.717, 1.165) is 18.8 Å². The number of carbonyl (C=O) groups excluding carboxylic acids is 2. The van der Waals surface area contributed by atoms with E-state index in [2.05, 4.69) is 26.6 Å². The van der Waals surface area contributed by atoms with Gasteiger partial charge in [0.25, 0.3) is 5.91 Å². The van der Waals surface area contributed by atoms with Crippen LogP contribution in [0.25, 0.3) is 0 Å². The van der Waals surface area contributed by atoms with Crippen molar-refractivity contribution in [2.24, 2.45) is 5.92 Å². The van der Waals surface area contributed by atoms with Crippen LogP contribution in [0.3, 0.4) is 0 Å². The van der Waals surface area contributed by atoms with Gasteiger partial charge in [0.1, 0.15) is 0 Å². The molecule has 2 N–H and O–H groups in total. The summed E-state index contributed by atoms with van der Waals surface area (Å²) in [6.07, 6.45) is 0. The summed E-state index contributed by atoms with van der Waals surface area (Å²) in [5.74, 6) is 1.36. The van der Waals surface area contributed by atoms with Gasteiger partial charge in [0.05, 0.1) is 11.3 Å². The van der Waals surface area contributed by atoms with Gasteiger partial charge in [-0.25, -0.2) is 0 Å². The van der Waals surface area contributed by atoms with Crippen molar-refractivity contribution in [2.75, 3.05) is 24.6 Å². The second kappa shape index (κ2) is 7.07. The number of hydrogen-bond acceptors (Lipinski definition) is 4. The summed E-state index contributed by atoms with van der Waals surface area (Å²) < 4.78 is 0.688. The minimum Gasteiger partial charge on any atom is -0.316 e. The molecule has 1 aromatic rings. The fourth-order valence-electron chi connectivity index (χ4n) is 1.66. The second-order valence-electron chi connectivity index (χ2n) is 4.40. The molecular formula is C13H15BrN2O2S. The third-order valence-corrected chi connectivity index (χ3v) is 4.69. The fraction of sp³-hybridized carbons (Fsp3) is 0.385. The maximum absolute atomic E-state index is 11.9. The third kappa shape index (κ3) is 4.33. The van der Waals surface area contributed by atoms with E-state index in [1.54, 1.807) is 30.0 Å². The molecule has 0 bridgehead atoms. The zero-order chi connectivity index (χ0) is 13.7. The highest BCUT2D eigenvalue weighted by Gasteiger charge is 2.17. The van der Waals surface area contributed by atoms with Crippen molar-refractivity contribution in [1.29, 1.82) is 0 Å². The molecule has 0 aromatic heterocycles. The number of halogens is 1. The van der Waals surface area contributed by atoms with Crippen molar-refractivity contribution < 1.29 is 9.59 Å². The molecule has 1 aliphatic heterocycles. The Bertz CT molecular complexity index is 477. The molecule has 0 atom stereocenters. The van der Waals surface area contributed by atoms with Gasteiger partial charge in [0.15, 0.2) is 0 Å². The van der Waals surface area contributed by atoms with Gasteiger partial charge >= 0.3 is 0 Å². The first kappa shape index (κ1) is 14.6. The molecule has 0 aliphatic carbocycles. The molecule has 1 fully saturated rings. The van der Waals surface area contributed by atoms with Gasteiger partial charge < -0.3 is 5.32 Å². The molecule has 6 heteroatoms. The summed E-state index contributed by atoms with van der Waals surface area (Å²) in [5.41, 5.74) is 0.476. The molecule has 1 aliphatic rings. The summed E-state index contributed by atoms with van der Waals surface area (Å²) in [5, 5.41) is 5.59. The number of imide groups is 1. The normalized spacial score (nSPS) is 14.8. The monoisotopic (exact) mass is 342 g/mol. The number of benzene rings is 1. The van der Waals surface area contributed by atoms with Gasteiger partial charge in [-0.3, -0.25) is 14.9 Å². The highest BCUT2D eigenvalue weighted by atomic mass is 79.9. The van der Waals surface area contributed by atoms with Gasteiger partial charge in [0, 0.05) is 4.47 Å². The number of hydrogen-bond donors (Lipinski definition) is 2. The second-order valence-corrected chi connectivity index (χ2v) is 6.28. The molecule has 1 saturated heterocycles. The minimum absolute atomic E-state index is 0.238. The van der Waals surface area contributed by atoms with Crippen LogP contribution in [-0.2, 0) is 4.79 Å². The molecule has 2 amide bonds. The van der Waals surface area contributed by atoms with Crippen LogP contribution in [0.1, 0.15) is 10.4 Å². The molecule has 0 unspecified atom stereocenters. The Kier molecular flexibility index (Phi) is 5.42. The Morgan fingerprint density at radius 1 is 1.37 bits per heavy atom. The summed E-state index contributed by atoms with van der Waals surface area (Å²) >= 11 is 4.86. The summed E-state index contributed by atoms with van der Waals surface area (Å²) in [7, 11) is 0. The van der Waals surface area contributed by atoms with Crippen molar-refractivity contribution in [1.82, 2.24) is 10.6 Å². The maximum atomic E-state index is 11.9. The molecule has 19 heavy (non-hydrogen) atoms. The largest absolute Gasteiger partial charge is 0.316 e. The molecule has 1 aromatic carbocycles. The average molecular weight is 343 g/mol. The van der Waals surface area contributed by atoms with E-state index in [4.69, 9.17) is 0 Å². The quantitative estimate of drug-likeness (QED) is 0.854. The first-order valence-corrected chi connectivity index (χ1v) is 7.99. The van der Waals surface area contributed by atoms with Crippen molar-refractivity contribution >= 4 is 39.5 Å². The van der Waals surface area contributed by atoms with Crippen LogP contribution >= 0.6 is 27.7 Å². The number of nitrogens with one attached hydrogen (secondary N) is 2. The summed E-state index contributed by atoms with van der Waals surface area (Å²) in [6.45, 7) is 2.06. The predicted molar refractivity (Wildman–Crippen MR) is 80.3 cm³/mol. The number of rotatable bonds is 5. The summed E-state index contributed by atoms with van der Waals surface area (Å²) in [6, 6.07) is 7.05. The smallest absolute Gasteiger partial charge is 0.259 e. The lowest BCUT2D eigenvalue weighted by atomic mass is 10.1. The molecular weight excluding hydrogens is 328 g/mol. The van der Waals surface area contributed by atoms with E-state index in [-0.39, 0.29) is 11.8 Å². The van der Waals surface area contributed by atoms with Crippen LogP contribution < -0.4 is 10.6 Å². The highest BCUT2D eigenvalue weighted by molar-refractivity contribution is 9.10. The molecule has 1 heterocycles. The Labute approximate surface area is 124 Å². The topological polar surface area (TPSA) is 58.2 Å². The molecule has 2 rings (SSSR count). The number of amides is 2. The van der Waals surface area contributed by atoms with Crippen molar-refractivity contribution in [2.45, 2.75) is 0 Å². The van der Waals surface area contributed by atoms with Gasteiger partial charge in [-0.05, 0) is 52.8 Å². The van der Waals surface area contributed by atoms with Crippen molar-refractivity contribution in [3.05, 3.63) is 34.3 Å². The van der Waals surface area contributed by atoms with Gasteiger partial charge in [-0.15, -0.1) is 0 Å². The number of thioether (sulfide) groups is 1. The Balaban J connectivity index is 1.75. The fourth-order valence-corrected chi connectivity index (χ4v) is 3.07. The van der Waals surface area contributed by atoms with Crippen LogP contribution in [0.4, 0.5) is 0 Å². The van der Waals surface area contributed by atoms with Gasteiger partial charge in [0.2, 0.25) is 5.91 Å². The van der Waals surface area contributed by atoms with E-state index in [1.165, 1.54) is 0 Å². The Morgan fingerprint density at radius 3 is 2.74 bits per heavy atom. The maximum Gasteiger partial charge on any atom is 0.259 e. The number of carbonyl (C=O) groups is 2. The molecule has 0 spiro atoms. The Morgan fingerprint density at radius 2 is 2.11 bits per heavy atom. The lowest BCUT2D eigenvalue weighted by molar-refractivity contribution is -0.117. The SMILES string of the molecule is O=C(CSCC1CNC1)NC(=O)c1ccccc1Br. The van der Waals surface area contributed by atoms with Crippen LogP contribution in [-0.4, -0.2) is 36.4 Å².